The minimum Gasteiger partial charge on any atom is -0.346 e. The van der Waals surface area contributed by atoms with Crippen molar-refractivity contribution in [3.8, 4) is 0 Å². The molecule has 21 fully saturated rings. The maximum Gasteiger partial charge on any atom is 0.161 e. The van der Waals surface area contributed by atoms with E-state index in [2.05, 4.69) is 145 Å². The lowest BCUT2D eigenvalue weighted by atomic mass is 9.80. The van der Waals surface area contributed by atoms with Crippen LogP contribution in [0, 0.1) is 82.9 Å². The highest BCUT2D eigenvalue weighted by Crippen LogP contribution is 2.48. The summed E-state index contributed by atoms with van der Waals surface area (Å²) in [5.41, 5.74) is 0. The fourth-order valence-corrected chi connectivity index (χ4v) is 14.8. The first kappa shape index (κ1) is 62.5. The largest absolute Gasteiger partial charge is 0.346 e. The Labute approximate surface area is 467 Å². The molecule has 77 heavy (non-hydrogen) atoms. The maximum absolute atomic E-state index is 7.19. The third kappa shape index (κ3) is 12.4. The van der Waals surface area contributed by atoms with Crippen molar-refractivity contribution in [1.82, 2.24) is 0 Å². The fourth-order valence-electron chi connectivity index (χ4n) is 14.8. The van der Waals surface area contributed by atoms with Crippen molar-refractivity contribution in [3.63, 3.8) is 0 Å². The summed E-state index contributed by atoms with van der Waals surface area (Å²) in [4.78, 5) is 0. The van der Waals surface area contributed by atoms with Gasteiger partial charge in [0.15, 0.2) is 44.0 Å². The third-order valence-electron chi connectivity index (χ3n) is 22.0. The molecule has 14 bridgehead atoms. The van der Waals surface area contributed by atoms with Crippen LogP contribution < -0.4 is 0 Å². The highest BCUT2D eigenvalue weighted by atomic mass is 16.8. The van der Waals surface area contributed by atoms with E-state index in [1.807, 2.05) is 0 Å². The van der Waals surface area contributed by atoms with Crippen molar-refractivity contribution >= 4 is 0 Å². The Morgan fingerprint density at radius 1 is 0.156 bits per heavy atom. The van der Waals surface area contributed by atoms with Crippen LogP contribution in [0.3, 0.4) is 0 Å². The highest BCUT2D eigenvalue weighted by Gasteiger charge is 2.56. The van der Waals surface area contributed by atoms with Gasteiger partial charge in [-0.15, -0.1) is 0 Å². The van der Waals surface area contributed by atoms with Gasteiger partial charge in [-0.3, -0.25) is 0 Å². The Balaban J connectivity index is 1.08. The maximum atomic E-state index is 7.19. The molecule has 0 aromatic heterocycles. The molecule has 21 rings (SSSR count). The van der Waals surface area contributed by atoms with Gasteiger partial charge >= 0.3 is 0 Å². The van der Waals surface area contributed by atoms with Gasteiger partial charge in [0.25, 0.3) is 0 Å². The number of hydrogen-bond donors (Lipinski definition) is 0. The normalized spacial score (nSPS) is 55.4. The first-order chi connectivity index (χ1) is 36.7. The van der Waals surface area contributed by atoms with Crippen molar-refractivity contribution in [2.24, 2.45) is 82.9 Å². The predicted octanol–water partition coefficient (Wildman–Crippen LogP) is 12.5. The average molecular weight is 1090 g/mol. The van der Waals surface area contributed by atoms with E-state index < -0.39 is 44.0 Å². The third-order valence-corrected chi connectivity index (χ3v) is 22.0. The summed E-state index contributed by atoms with van der Waals surface area (Å²) in [5.74, 6) is 1.39. The lowest BCUT2D eigenvalue weighted by molar-refractivity contribution is -0.368. The van der Waals surface area contributed by atoms with E-state index in [1.54, 1.807) is 0 Å². The zero-order chi connectivity index (χ0) is 56.1. The molecule has 0 N–H and O–H groups in total. The summed E-state index contributed by atoms with van der Waals surface area (Å²) in [6.45, 7) is 47.2. The summed E-state index contributed by atoms with van der Waals surface area (Å²) in [7, 11) is 0. The molecule has 448 valence electrons. The molecule has 0 amide bonds. The van der Waals surface area contributed by atoms with Crippen LogP contribution in [0.15, 0.2) is 0 Å². The second-order valence-corrected chi connectivity index (χ2v) is 26.4. The molecule has 14 unspecified atom stereocenters. The van der Waals surface area contributed by atoms with Gasteiger partial charge in [0.2, 0.25) is 0 Å². The summed E-state index contributed by atoms with van der Waals surface area (Å²) < 4.78 is 99.4. The van der Waals surface area contributed by atoms with Crippen LogP contribution in [0.2, 0.25) is 0 Å². The van der Waals surface area contributed by atoms with Gasteiger partial charge in [0, 0.05) is 41.4 Å². The molecule has 21 aliphatic heterocycles. The van der Waals surface area contributed by atoms with E-state index in [0.29, 0.717) is 0 Å². The molecule has 21 aliphatic rings. The Kier molecular flexibility index (Phi) is 21.6. The molecule has 0 aromatic carbocycles. The van der Waals surface area contributed by atoms with Gasteiger partial charge in [0.1, 0.15) is 0 Å². The zero-order valence-corrected chi connectivity index (χ0v) is 51.9. The molecule has 0 aliphatic carbocycles. The smallest absolute Gasteiger partial charge is 0.161 e. The lowest BCUT2D eigenvalue weighted by Crippen LogP contribution is -2.60. The van der Waals surface area contributed by atoms with Crippen molar-refractivity contribution in [2.45, 2.75) is 320 Å². The summed E-state index contributed by atoms with van der Waals surface area (Å²) in [6.07, 6.45) is 0.183. The molecule has 0 saturated carbocycles. The summed E-state index contributed by atoms with van der Waals surface area (Å²) >= 11 is 0. The minimum atomic E-state index is -0.415. The van der Waals surface area contributed by atoms with Crippen molar-refractivity contribution in [1.29, 1.82) is 0 Å². The molecule has 21 heterocycles. The van der Waals surface area contributed by atoms with Crippen LogP contribution in [0.5, 0.6) is 0 Å². The Bertz CT molecular complexity index is 1440. The van der Waals surface area contributed by atoms with Crippen molar-refractivity contribution in [2.75, 3.05) is 0 Å². The van der Waals surface area contributed by atoms with Crippen LogP contribution >= 0.6 is 0 Å². The van der Waals surface area contributed by atoms with E-state index in [4.69, 9.17) is 66.3 Å². The van der Waals surface area contributed by atoms with Gasteiger partial charge in [-0.1, -0.05) is 145 Å². The number of rotatable bonds is 7. The average Bonchev–Trinajstić information content (AvgIpc) is 3.47. The SMILES string of the molecule is CCC1O[C@@H]2O[C@@H]3C(CC)O[C@@H](O[C@@H]4C(CC)O[C@H](O[C@@H]5C(CC)O[C@@H](O[C@@H]6C(CC)O[C@@H](O[C@@H]7C(CC)O[C@@H](O[C@@H]8C(CC)O[C@H](O[C@H]1[C@H](C)C2C)C(C)[C@H]8C)C(C)[C@H]7C)C(C)[C@H]6C)C(C)[C@H]5C)C(C)[C@H]4C)C(C)[C@H]3C. The molecular formula is C63H112O14. The van der Waals surface area contributed by atoms with E-state index in [9.17, 15) is 0 Å². The Morgan fingerprint density at radius 2 is 0.260 bits per heavy atom. The van der Waals surface area contributed by atoms with Crippen molar-refractivity contribution < 1.29 is 66.3 Å². The van der Waals surface area contributed by atoms with Crippen LogP contribution in [-0.2, 0) is 66.3 Å². The van der Waals surface area contributed by atoms with E-state index in [-0.39, 0.29) is 168 Å². The summed E-state index contributed by atoms with van der Waals surface area (Å²) in [6, 6.07) is 0. The minimum absolute atomic E-state index is 0.0573. The standard InChI is InChI=1S/C63H112O14/c1-22-43-50-29(8)36(15)57(64-43)72-51-31(10)38(17)59(66-44(51)23-2)74-53-33(12)40(19)61(68-46(53)25-4)76-55-35(14)42(21)63(70-48(55)27-6)77-56-34(13)41(20)62(69-49(56)28-7)75-54-32(11)39(18)60(67-47(54)26-5)73-52-30(9)37(16)58(71-50)65-45(52)24-3/h29-63H,22-28H2,1-21H3/t29-,30-,31-,32-,33-,34-,35-,36?,37?,38?,39?,40?,41?,42?,43?,44?,45?,46?,47?,48?,49?,50+,51+,52+,53+,54+,55+,56+,57-,58-,59+,60+,61-,62+,63+/m1/s1. The van der Waals surface area contributed by atoms with Gasteiger partial charge in [0.05, 0.1) is 85.5 Å². The Morgan fingerprint density at radius 3 is 0.351 bits per heavy atom. The first-order valence-electron chi connectivity index (χ1n) is 31.8. The quantitative estimate of drug-likeness (QED) is 0.240. The molecule has 0 spiro atoms. The van der Waals surface area contributed by atoms with E-state index in [1.165, 1.54) is 0 Å². The van der Waals surface area contributed by atoms with Crippen LogP contribution in [0.1, 0.15) is 190 Å². The van der Waals surface area contributed by atoms with Gasteiger partial charge < -0.3 is 66.3 Å². The second kappa shape index (κ2) is 26.6. The lowest BCUT2D eigenvalue weighted by Gasteiger charge is -2.52. The number of hydrogen-bond acceptors (Lipinski definition) is 14. The molecule has 35 atom stereocenters. The number of ether oxygens (including phenoxy) is 14. The molecule has 0 radical (unpaired) electrons. The molecular weight excluding hydrogens is 981 g/mol. The van der Waals surface area contributed by atoms with Gasteiger partial charge in [-0.05, 0) is 86.4 Å². The van der Waals surface area contributed by atoms with Gasteiger partial charge in [-0.25, -0.2) is 0 Å². The molecule has 0 aromatic rings. The molecule has 14 nitrogen and oxygen atoms in total. The molecule has 14 heteroatoms. The second-order valence-electron chi connectivity index (χ2n) is 26.4. The van der Waals surface area contributed by atoms with Crippen LogP contribution in [0.25, 0.3) is 0 Å². The topological polar surface area (TPSA) is 129 Å². The van der Waals surface area contributed by atoms with E-state index >= 15 is 0 Å². The van der Waals surface area contributed by atoms with Crippen LogP contribution in [-0.4, -0.2) is 129 Å². The fraction of sp³-hybridized carbons (Fsp3) is 1.00. The van der Waals surface area contributed by atoms with E-state index in [0.717, 1.165) is 44.9 Å². The zero-order valence-electron chi connectivity index (χ0n) is 51.9. The first-order valence-corrected chi connectivity index (χ1v) is 31.8. The highest BCUT2D eigenvalue weighted by molar-refractivity contribution is 4.97. The van der Waals surface area contributed by atoms with Crippen molar-refractivity contribution in [3.05, 3.63) is 0 Å². The van der Waals surface area contributed by atoms with Crippen LogP contribution in [0.4, 0.5) is 0 Å². The van der Waals surface area contributed by atoms with Gasteiger partial charge in [-0.2, -0.15) is 0 Å². The predicted molar refractivity (Wildman–Crippen MR) is 295 cm³/mol. The Hall–Kier alpha value is -0.560. The molecule has 21 saturated heterocycles. The summed E-state index contributed by atoms with van der Waals surface area (Å²) in [5, 5.41) is 0. The monoisotopic (exact) mass is 1090 g/mol.